The maximum atomic E-state index is 5.56. The van der Waals surface area contributed by atoms with Crippen molar-refractivity contribution in [3.8, 4) is 11.1 Å². The lowest BCUT2D eigenvalue weighted by molar-refractivity contribution is 0.768. The molecule has 0 radical (unpaired) electrons. The van der Waals surface area contributed by atoms with Crippen molar-refractivity contribution in [1.82, 2.24) is 14.8 Å². The molecule has 2 rings (SSSR count). The van der Waals surface area contributed by atoms with E-state index in [0.29, 0.717) is 5.82 Å². The van der Waals surface area contributed by atoms with Crippen molar-refractivity contribution in [1.29, 1.82) is 0 Å². The molecule has 0 spiro atoms. The van der Waals surface area contributed by atoms with Gasteiger partial charge in [-0.05, 0) is 17.7 Å². The average Bonchev–Trinajstić information content (AvgIpc) is 2.52. The highest BCUT2D eigenvalue weighted by Crippen LogP contribution is 2.18. The number of aryl methyl sites for hydroxylation is 1. The van der Waals surface area contributed by atoms with Crippen LogP contribution in [0.15, 0.2) is 30.7 Å². The Morgan fingerprint density at radius 3 is 2.53 bits per heavy atom. The molecule has 0 saturated heterocycles. The zero-order chi connectivity index (χ0) is 9.26. The number of halogens is 2. The van der Waals surface area contributed by atoms with Crippen LogP contribution in [0.2, 0.25) is 0 Å². The summed E-state index contributed by atoms with van der Waals surface area (Å²) in [7, 11) is 1.88. The average molecular weight is 247 g/mol. The second kappa shape index (κ2) is 5.58. The maximum Gasteiger partial charge on any atom is 0.123 e. The summed E-state index contributed by atoms with van der Waals surface area (Å²) < 4.78 is 1.76. The molecular formula is C9H12Cl2N4. The van der Waals surface area contributed by atoms with Crippen LogP contribution in [0.1, 0.15) is 0 Å². The first-order chi connectivity index (χ1) is 6.25. The molecule has 0 saturated carbocycles. The highest BCUT2D eigenvalue weighted by molar-refractivity contribution is 5.85. The van der Waals surface area contributed by atoms with Crippen molar-refractivity contribution in [3.05, 3.63) is 30.7 Å². The van der Waals surface area contributed by atoms with Crippen LogP contribution in [0, 0.1) is 0 Å². The van der Waals surface area contributed by atoms with E-state index < -0.39 is 0 Å². The molecule has 0 bridgehead atoms. The molecule has 4 nitrogen and oxygen atoms in total. The van der Waals surface area contributed by atoms with Crippen LogP contribution >= 0.6 is 24.8 Å². The summed E-state index contributed by atoms with van der Waals surface area (Å²) in [5.74, 6) is 0.529. The van der Waals surface area contributed by atoms with E-state index in [4.69, 9.17) is 5.73 Å². The number of rotatable bonds is 1. The van der Waals surface area contributed by atoms with E-state index in [0.717, 1.165) is 11.1 Å². The molecule has 0 atom stereocenters. The minimum atomic E-state index is 0. The first-order valence-corrected chi connectivity index (χ1v) is 3.96. The van der Waals surface area contributed by atoms with Gasteiger partial charge in [0.15, 0.2) is 0 Å². The molecule has 0 fully saturated rings. The molecule has 0 aliphatic carbocycles. The van der Waals surface area contributed by atoms with E-state index in [1.165, 1.54) is 0 Å². The molecular weight excluding hydrogens is 235 g/mol. The van der Waals surface area contributed by atoms with Gasteiger partial charge in [-0.15, -0.1) is 24.8 Å². The monoisotopic (exact) mass is 246 g/mol. The number of hydrogen-bond acceptors (Lipinski definition) is 3. The maximum absolute atomic E-state index is 5.56. The summed E-state index contributed by atoms with van der Waals surface area (Å²) in [5.41, 5.74) is 7.66. The summed E-state index contributed by atoms with van der Waals surface area (Å²) in [5, 5.41) is 4.08. The standard InChI is InChI=1S/C9H10N4.2ClH/c1-13-6-8(5-12-13)7-2-3-11-9(10)4-7;;/h2-6H,1H3,(H2,10,11);2*1H. The van der Waals surface area contributed by atoms with Crippen LogP contribution in [0.25, 0.3) is 11.1 Å². The number of aromatic nitrogens is 3. The number of nitrogens with zero attached hydrogens (tertiary/aromatic N) is 3. The number of anilines is 1. The fourth-order valence-electron chi connectivity index (χ4n) is 1.20. The number of nitrogens with two attached hydrogens (primary N) is 1. The highest BCUT2D eigenvalue weighted by atomic mass is 35.5. The first-order valence-electron chi connectivity index (χ1n) is 3.96. The summed E-state index contributed by atoms with van der Waals surface area (Å²) in [6.07, 6.45) is 5.43. The minimum Gasteiger partial charge on any atom is -0.384 e. The number of nitrogen functional groups attached to an aromatic ring is 1. The van der Waals surface area contributed by atoms with E-state index in [9.17, 15) is 0 Å². The van der Waals surface area contributed by atoms with Crippen LogP contribution in [-0.4, -0.2) is 14.8 Å². The Morgan fingerprint density at radius 1 is 1.27 bits per heavy atom. The van der Waals surface area contributed by atoms with Crippen molar-refractivity contribution in [3.63, 3.8) is 0 Å². The normalized spacial score (nSPS) is 8.87. The van der Waals surface area contributed by atoms with Crippen molar-refractivity contribution >= 4 is 30.6 Å². The first kappa shape index (κ1) is 13.7. The lowest BCUT2D eigenvalue weighted by atomic mass is 10.1. The molecule has 2 aromatic rings. The molecule has 6 heteroatoms. The van der Waals surface area contributed by atoms with E-state index in [2.05, 4.69) is 10.1 Å². The van der Waals surface area contributed by atoms with Gasteiger partial charge in [0.25, 0.3) is 0 Å². The molecule has 0 aliphatic rings. The Morgan fingerprint density at radius 2 is 2.00 bits per heavy atom. The summed E-state index contributed by atoms with van der Waals surface area (Å²) in [4.78, 5) is 3.92. The third kappa shape index (κ3) is 3.11. The molecule has 0 unspecified atom stereocenters. The molecule has 2 heterocycles. The molecule has 0 amide bonds. The van der Waals surface area contributed by atoms with Gasteiger partial charge in [0.05, 0.1) is 6.20 Å². The van der Waals surface area contributed by atoms with E-state index >= 15 is 0 Å². The smallest absolute Gasteiger partial charge is 0.123 e. The minimum absolute atomic E-state index is 0. The predicted octanol–water partition coefficient (Wildman–Crippen LogP) is 1.91. The highest BCUT2D eigenvalue weighted by Gasteiger charge is 1.99. The Bertz CT molecular complexity index is 428. The zero-order valence-electron chi connectivity index (χ0n) is 8.12. The van der Waals surface area contributed by atoms with Gasteiger partial charge in [-0.25, -0.2) is 4.98 Å². The molecule has 0 aliphatic heterocycles. The lowest BCUT2D eigenvalue weighted by Gasteiger charge is -1.96. The zero-order valence-corrected chi connectivity index (χ0v) is 9.76. The lowest BCUT2D eigenvalue weighted by Crippen LogP contribution is -1.88. The van der Waals surface area contributed by atoms with E-state index in [1.807, 2.05) is 25.4 Å². The van der Waals surface area contributed by atoms with Gasteiger partial charge >= 0.3 is 0 Å². The van der Waals surface area contributed by atoms with Crippen LogP contribution in [0.3, 0.4) is 0 Å². The predicted molar refractivity (Wildman–Crippen MR) is 65.3 cm³/mol. The van der Waals surface area contributed by atoms with Crippen LogP contribution in [0.5, 0.6) is 0 Å². The van der Waals surface area contributed by atoms with Gasteiger partial charge in [0.2, 0.25) is 0 Å². The fraction of sp³-hybridized carbons (Fsp3) is 0.111. The molecule has 82 valence electrons. The molecule has 2 aromatic heterocycles. The second-order valence-electron chi connectivity index (χ2n) is 2.87. The topological polar surface area (TPSA) is 56.7 Å². The van der Waals surface area contributed by atoms with Crippen molar-refractivity contribution in [2.45, 2.75) is 0 Å². The Balaban J connectivity index is 0.000000980. The van der Waals surface area contributed by atoms with Crippen LogP contribution < -0.4 is 5.73 Å². The van der Waals surface area contributed by atoms with Gasteiger partial charge in [0.1, 0.15) is 5.82 Å². The van der Waals surface area contributed by atoms with Crippen molar-refractivity contribution < 1.29 is 0 Å². The van der Waals surface area contributed by atoms with Crippen molar-refractivity contribution in [2.75, 3.05) is 5.73 Å². The third-order valence-corrected chi connectivity index (χ3v) is 1.82. The Hall–Kier alpha value is -1.26. The van der Waals surface area contributed by atoms with Gasteiger partial charge in [-0.2, -0.15) is 5.10 Å². The molecule has 15 heavy (non-hydrogen) atoms. The van der Waals surface area contributed by atoms with E-state index in [1.54, 1.807) is 17.1 Å². The van der Waals surface area contributed by atoms with Gasteiger partial charge < -0.3 is 5.73 Å². The van der Waals surface area contributed by atoms with Gasteiger partial charge in [0, 0.05) is 25.0 Å². The number of hydrogen-bond donors (Lipinski definition) is 1. The Kier molecular flexibility index (Phi) is 5.11. The largest absolute Gasteiger partial charge is 0.384 e. The van der Waals surface area contributed by atoms with Crippen molar-refractivity contribution in [2.24, 2.45) is 7.05 Å². The number of pyridine rings is 1. The van der Waals surface area contributed by atoms with Gasteiger partial charge in [-0.3, -0.25) is 4.68 Å². The third-order valence-electron chi connectivity index (χ3n) is 1.82. The second-order valence-corrected chi connectivity index (χ2v) is 2.87. The quantitative estimate of drug-likeness (QED) is 0.837. The summed E-state index contributed by atoms with van der Waals surface area (Å²) >= 11 is 0. The summed E-state index contributed by atoms with van der Waals surface area (Å²) in [6, 6.07) is 3.74. The summed E-state index contributed by atoms with van der Waals surface area (Å²) in [6.45, 7) is 0. The van der Waals surface area contributed by atoms with Gasteiger partial charge in [-0.1, -0.05) is 0 Å². The van der Waals surface area contributed by atoms with Crippen LogP contribution in [-0.2, 0) is 7.05 Å². The SMILES string of the molecule is Cl.Cl.Cn1cc(-c2ccnc(N)c2)cn1. The molecule has 0 aromatic carbocycles. The molecule has 2 N–H and O–H groups in total. The Labute approximate surface area is 100 Å². The fourth-order valence-corrected chi connectivity index (χ4v) is 1.20. The van der Waals surface area contributed by atoms with Crippen LogP contribution in [0.4, 0.5) is 5.82 Å². The van der Waals surface area contributed by atoms with E-state index in [-0.39, 0.29) is 24.8 Å².